The molecule has 78 valence electrons. The second-order valence-corrected chi connectivity index (χ2v) is 4.07. The number of ketones is 1. The lowest BCUT2D eigenvalue weighted by molar-refractivity contribution is 0.103. The summed E-state index contributed by atoms with van der Waals surface area (Å²) in [6.45, 7) is 3.65. The number of aryl methyl sites for hydroxylation is 3. The molecule has 0 aliphatic rings. The molecule has 0 unspecified atom stereocenters. The van der Waals surface area contributed by atoms with Crippen LogP contribution in [0.3, 0.4) is 0 Å². The van der Waals surface area contributed by atoms with Crippen molar-refractivity contribution in [2.24, 2.45) is 7.05 Å². The highest BCUT2D eigenvalue weighted by molar-refractivity contribution is 7.08. The highest BCUT2D eigenvalue weighted by Gasteiger charge is 2.20. The van der Waals surface area contributed by atoms with E-state index in [0.717, 1.165) is 17.1 Å². The van der Waals surface area contributed by atoms with Crippen LogP contribution >= 0.6 is 11.5 Å². The number of hydrogen-bond acceptors (Lipinski definition) is 5. The highest BCUT2D eigenvalue weighted by Crippen LogP contribution is 2.17. The molecule has 0 aromatic carbocycles. The molecule has 0 radical (unpaired) electrons. The quantitative estimate of drug-likeness (QED) is 0.714. The Hall–Kier alpha value is -1.56. The lowest BCUT2D eigenvalue weighted by Crippen LogP contribution is -2.09. The van der Waals surface area contributed by atoms with Gasteiger partial charge in [-0.3, -0.25) is 9.48 Å². The maximum absolute atomic E-state index is 12.1. The molecule has 0 aliphatic heterocycles. The van der Waals surface area contributed by atoms with Crippen LogP contribution in [-0.2, 0) is 7.05 Å². The molecule has 0 bridgehead atoms. The predicted octanol–water partition coefficient (Wildman–Crippen LogP) is 1.12. The van der Waals surface area contributed by atoms with E-state index >= 15 is 0 Å². The summed E-state index contributed by atoms with van der Waals surface area (Å²) in [4.78, 5) is 12.7. The molecule has 0 atom stereocenters. The fourth-order valence-electron chi connectivity index (χ4n) is 1.42. The van der Waals surface area contributed by atoms with E-state index in [0.29, 0.717) is 16.3 Å². The van der Waals surface area contributed by atoms with Crippen LogP contribution in [0.4, 0.5) is 0 Å². The molecular formula is C9H10N4OS. The van der Waals surface area contributed by atoms with E-state index < -0.39 is 0 Å². The van der Waals surface area contributed by atoms with Crippen LogP contribution < -0.4 is 0 Å². The van der Waals surface area contributed by atoms with Crippen LogP contribution in [0.5, 0.6) is 0 Å². The third-order valence-electron chi connectivity index (χ3n) is 2.19. The van der Waals surface area contributed by atoms with Crippen LogP contribution in [0, 0.1) is 13.8 Å². The molecule has 0 fully saturated rings. The third kappa shape index (κ3) is 1.56. The van der Waals surface area contributed by atoms with Gasteiger partial charge in [-0.2, -0.15) is 5.10 Å². The molecule has 0 amide bonds. The summed E-state index contributed by atoms with van der Waals surface area (Å²) in [5.41, 5.74) is 2.14. The Labute approximate surface area is 90.9 Å². The average Bonchev–Trinajstić information content (AvgIpc) is 2.73. The molecule has 15 heavy (non-hydrogen) atoms. The molecule has 2 heterocycles. The van der Waals surface area contributed by atoms with Gasteiger partial charge in [-0.1, -0.05) is 4.49 Å². The number of aromatic nitrogens is 4. The minimum atomic E-state index is -0.0556. The van der Waals surface area contributed by atoms with Crippen molar-refractivity contribution >= 4 is 17.3 Å². The standard InChI is InChI=1S/C9H10N4OS/c1-5-4-10-13(3)7(5)8(14)9-6(2)11-12-15-9/h4H,1-3H3. The zero-order valence-electron chi connectivity index (χ0n) is 8.68. The molecule has 2 aromatic rings. The molecule has 0 saturated heterocycles. The van der Waals surface area contributed by atoms with Crippen molar-refractivity contribution in [3.63, 3.8) is 0 Å². The van der Waals surface area contributed by atoms with Crippen molar-refractivity contribution < 1.29 is 4.79 Å². The summed E-state index contributed by atoms with van der Waals surface area (Å²) in [6.07, 6.45) is 1.68. The van der Waals surface area contributed by atoms with Gasteiger partial charge in [0.25, 0.3) is 0 Å². The van der Waals surface area contributed by atoms with Crippen LogP contribution in [0.15, 0.2) is 6.20 Å². The first-order valence-corrected chi connectivity index (χ1v) is 5.21. The smallest absolute Gasteiger partial charge is 0.224 e. The SMILES string of the molecule is Cc1cnn(C)c1C(=O)c1snnc1C. The Kier molecular flexibility index (Phi) is 2.36. The van der Waals surface area contributed by atoms with E-state index in [9.17, 15) is 4.79 Å². The predicted molar refractivity (Wildman–Crippen MR) is 56.0 cm³/mol. The first-order valence-electron chi connectivity index (χ1n) is 4.43. The Balaban J connectivity index is 2.50. The molecule has 2 aromatic heterocycles. The van der Waals surface area contributed by atoms with Crippen molar-refractivity contribution in [3.05, 3.63) is 28.0 Å². The maximum atomic E-state index is 12.1. The van der Waals surface area contributed by atoms with Crippen molar-refractivity contribution in [1.82, 2.24) is 19.4 Å². The van der Waals surface area contributed by atoms with Gasteiger partial charge in [-0.15, -0.1) is 5.10 Å². The normalized spacial score (nSPS) is 10.6. The zero-order chi connectivity index (χ0) is 11.0. The van der Waals surface area contributed by atoms with Gasteiger partial charge in [0.2, 0.25) is 5.78 Å². The number of hydrogen-bond donors (Lipinski definition) is 0. The summed E-state index contributed by atoms with van der Waals surface area (Å²) < 4.78 is 5.33. The van der Waals surface area contributed by atoms with Crippen LogP contribution in [0.25, 0.3) is 0 Å². The zero-order valence-corrected chi connectivity index (χ0v) is 9.50. The van der Waals surface area contributed by atoms with Gasteiger partial charge in [0.05, 0.1) is 11.9 Å². The van der Waals surface area contributed by atoms with E-state index in [-0.39, 0.29) is 5.78 Å². The lowest BCUT2D eigenvalue weighted by Gasteiger charge is -2.00. The average molecular weight is 222 g/mol. The number of rotatable bonds is 2. The van der Waals surface area contributed by atoms with E-state index in [2.05, 4.69) is 14.7 Å². The van der Waals surface area contributed by atoms with Crippen LogP contribution in [0.2, 0.25) is 0 Å². The fraction of sp³-hybridized carbons (Fsp3) is 0.333. The first kappa shape index (κ1) is 9.97. The van der Waals surface area contributed by atoms with E-state index in [4.69, 9.17) is 0 Å². The Morgan fingerprint density at radius 3 is 2.67 bits per heavy atom. The summed E-state index contributed by atoms with van der Waals surface area (Å²) in [5, 5.41) is 7.86. The fourth-order valence-corrected chi connectivity index (χ4v) is 2.02. The molecule has 2 rings (SSSR count). The van der Waals surface area contributed by atoms with Gasteiger partial charge in [0.15, 0.2) is 0 Å². The summed E-state index contributed by atoms with van der Waals surface area (Å²) in [6, 6.07) is 0. The van der Waals surface area contributed by atoms with Gasteiger partial charge in [-0.05, 0) is 30.9 Å². The molecule has 0 spiro atoms. The van der Waals surface area contributed by atoms with Gasteiger partial charge >= 0.3 is 0 Å². The van der Waals surface area contributed by atoms with Crippen molar-refractivity contribution in [3.8, 4) is 0 Å². The second kappa shape index (κ2) is 3.54. The number of carbonyl (C=O) groups excluding carboxylic acids is 1. The van der Waals surface area contributed by atoms with Crippen molar-refractivity contribution in [1.29, 1.82) is 0 Å². The molecular weight excluding hydrogens is 212 g/mol. The van der Waals surface area contributed by atoms with E-state index in [1.54, 1.807) is 24.9 Å². The number of nitrogens with zero attached hydrogens (tertiary/aromatic N) is 4. The van der Waals surface area contributed by atoms with E-state index in [1.165, 1.54) is 0 Å². The second-order valence-electron chi connectivity index (χ2n) is 3.32. The largest absolute Gasteiger partial charge is 0.286 e. The lowest BCUT2D eigenvalue weighted by atomic mass is 10.1. The monoisotopic (exact) mass is 222 g/mol. The van der Waals surface area contributed by atoms with Crippen LogP contribution in [0.1, 0.15) is 26.6 Å². The van der Waals surface area contributed by atoms with Crippen molar-refractivity contribution in [2.75, 3.05) is 0 Å². The minimum absolute atomic E-state index is 0.0556. The third-order valence-corrected chi connectivity index (χ3v) is 3.02. The van der Waals surface area contributed by atoms with E-state index in [1.807, 2.05) is 6.92 Å². The highest BCUT2D eigenvalue weighted by atomic mass is 32.1. The molecule has 0 saturated carbocycles. The Bertz CT molecular complexity index is 494. The summed E-state index contributed by atoms with van der Waals surface area (Å²) in [7, 11) is 1.75. The van der Waals surface area contributed by atoms with Crippen LogP contribution in [-0.4, -0.2) is 25.2 Å². The maximum Gasteiger partial charge on any atom is 0.224 e. The molecule has 0 aliphatic carbocycles. The minimum Gasteiger partial charge on any atom is -0.286 e. The Morgan fingerprint density at radius 2 is 2.20 bits per heavy atom. The summed E-state index contributed by atoms with van der Waals surface area (Å²) >= 11 is 1.12. The Morgan fingerprint density at radius 1 is 1.47 bits per heavy atom. The molecule has 0 N–H and O–H groups in total. The molecule has 5 nitrogen and oxygen atoms in total. The topological polar surface area (TPSA) is 60.7 Å². The van der Waals surface area contributed by atoms with Gasteiger partial charge in [0.1, 0.15) is 10.6 Å². The van der Waals surface area contributed by atoms with Gasteiger partial charge < -0.3 is 0 Å². The van der Waals surface area contributed by atoms with Crippen molar-refractivity contribution in [2.45, 2.75) is 13.8 Å². The van der Waals surface area contributed by atoms with Gasteiger partial charge in [0, 0.05) is 7.05 Å². The number of carbonyl (C=O) groups is 1. The molecule has 6 heteroatoms. The van der Waals surface area contributed by atoms with Gasteiger partial charge in [-0.25, -0.2) is 0 Å². The first-order chi connectivity index (χ1) is 7.11. The summed E-state index contributed by atoms with van der Waals surface area (Å²) in [5.74, 6) is -0.0556.